The second kappa shape index (κ2) is 7.85. The number of benzene rings is 1. The number of nitrogens with zero attached hydrogens (tertiary/aromatic N) is 3. The Morgan fingerprint density at radius 1 is 1.21 bits per heavy atom. The highest BCUT2D eigenvalue weighted by molar-refractivity contribution is 5.37. The highest BCUT2D eigenvalue weighted by atomic mass is 16.5. The van der Waals surface area contributed by atoms with E-state index in [0.717, 1.165) is 56.6 Å². The van der Waals surface area contributed by atoms with Crippen LogP contribution in [-0.4, -0.2) is 57.8 Å². The van der Waals surface area contributed by atoms with Crippen LogP contribution in [0.5, 0.6) is 5.75 Å². The molecule has 0 amide bonds. The molecule has 2 aromatic rings. The van der Waals surface area contributed by atoms with E-state index in [0.29, 0.717) is 13.2 Å². The van der Waals surface area contributed by atoms with Gasteiger partial charge in [-0.1, -0.05) is 6.07 Å². The molecule has 3 heterocycles. The first-order valence-electron chi connectivity index (χ1n) is 10.2. The lowest BCUT2D eigenvalue weighted by molar-refractivity contribution is -0.173. The lowest BCUT2D eigenvalue weighted by Crippen LogP contribution is -2.53. The van der Waals surface area contributed by atoms with E-state index in [9.17, 15) is 5.11 Å². The van der Waals surface area contributed by atoms with E-state index >= 15 is 0 Å². The van der Waals surface area contributed by atoms with Crippen LogP contribution in [0.2, 0.25) is 0 Å². The van der Waals surface area contributed by atoms with Gasteiger partial charge < -0.3 is 14.6 Å². The zero-order valence-electron chi connectivity index (χ0n) is 16.9. The van der Waals surface area contributed by atoms with Crippen LogP contribution in [0.25, 0.3) is 0 Å². The van der Waals surface area contributed by atoms with E-state index in [1.165, 1.54) is 5.56 Å². The van der Waals surface area contributed by atoms with Crippen molar-refractivity contribution in [3.8, 4) is 5.75 Å². The van der Waals surface area contributed by atoms with Crippen molar-refractivity contribution in [1.29, 1.82) is 0 Å². The molecule has 6 nitrogen and oxygen atoms in total. The van der Waals surface area contributed by atoms with E-state index in [1.807, 2.05) is 23.9 Å². The highest BCUT2D eigenvalue weighted by Gasteiger charge is 2.44. The Balaban J connectivity index is 1.40. The van der Waals surface area contributed by atoms with Crippen molar-refractivity contribution >= 4 is 0 Å². The van der Waals surface area contributed by atoms with Crippen LogP contribution in [-0.2, 0) is 17.8 Å². The van der Waals surface area contributed by atoms with Crippen LogP contribution in [0.4, 0.5) is 0 Å². The molecule has 152 valence electrons. The third-order valence-corrected chi connectivity index (χ3v) is 6.16. The molecule has 2 saturated heterocycles. The van der Waals surface area contributed by atoms with Crippen LogP contribution >= 0.6 is 0 Å². The monoisotopic (exact) mass is 385 g/mol. The van der Waals surface area contributed by atoms with Crippen molar-refractivity contribution in [3.63, 3.8) is 0 Å². The summed E-state index contributed by atoms with van der Waals surface area (Å²) in [5.41, 5.74) is 1.71. The van der Waals surface area contributed by atoms with E-state index in [2.05, 4.69) is 28.2 Å². The summed E-state index contributed by atoms with van der Waals surface area (Å²) < 4.78 is 13.6. The van der Waals surface area contributed by atoms with Crippen molar-refractivity contribution in [2.45, 2.75) is 56.9 Å². The molecule has 2 fully saturated rings. The summed E-state index contributed by atoms with van der Waals surface area (Å²) in [7, 11) is 1.71. The Hall–Kier alpha value is -1.89. The molecule has 0 radical (unpaired) electrons. The number of likely N-dealkylation sites (tertiary alicyclic amines) is 1. The van der Waals surface area contributed by atoms with Gasteiger partial charge in [-0.25, -0.2) is 0 Å². The third kappa shape index (κ3) is 4.40. The molecule has 1 atom stereocenters. The Labute approximate surface area is 167 Å². The van der Waals surface area contributed by atoms with Crippen molar-refractivity contribution in [3.05, 3.63) is 47.8 Å². The first-order chi connectivity index (χ1) is 13.5. The van der Waals surface area contributed by atoms with Gasteiger partial charge in [-0.15, -0.1) is 0 Å². The number of methoxy groups -OCH3 is 1. The minimum atomic E-state index is -0.586. The zero-order valence-corrected chi connectivity index (χ0v) is 16.9. The number of hydrogen-bond donors (Lipinski definition) is 1. The predicted octanol–water partition coefficient (Wildman–Crippen LogP) is 2.84. The number of piperidine rings is 1. The summed E-state index contributed by atoms with van der Waals surface area (Å²) in [6.45, 7) is 6.23. The lowest BCUT2D eigenvalue weighted by Gasteiger charge is -2.48. The van der Waals surface area contributed by atoms with Gasteiger partial charge in [0.15, 0.2) is 0 Å². The molecule has 1 spiro atoms. The predicted molar refractivity (Wildman–Crippen MR) is 107 cm³/mol. The Morgan fingerprint density at radius 3 is 2.71 bits per heavy atom. The van der Waals surface area contributed by atoms with E-state index in [-0.39, 0.29) is 5.60 Å². The number of hydrogen-bond acceptors (Lipinski definition) is 5. The number of rotatable bonds is 5. The fourth-order valence-electron chi connectivity index (χ4n) is 4.64. The van der Waals surface area contributed by atoms with Crippen LogP contribution in [0.15, 0.2) is 36.7 Å². The smallest absolute Gasteiger partial charge is 0.123 e. The quantitative estimate of drug-likeness (QED) is 0.858. The number of aromatic nitrogens is 2. The normalized spacial score (nSPS) is 25.1. The minimum absolute atomic E-state index is 0.136. The average Bonchev–Trinajstić information content (AvgIpc) is 3.16. The topological polar surface area (TPSA) is 59.8 Å². The van der Waals surface area contributed by atoms with Gasteiger partial charge in [-0.2, -0.15) is 5.10 Å². The fourth-order valence-corrected chi connectivity index (χ4v) is 4.64. The Morgan fingerprint density at radius 2 is 2.04 bits per heavy atom. The van der Waals surface area contributed by atoms with Crippen molar-refractivity contribution < 1.29 is 14.6 Å². The van der Waals surface area contributed by atoms with Crippen molar-refractivity contribution in [1.82, 2.24) is 14.7 Å². The van der Waals surface area contributed by atoms with E-state index < -0.39 is 5.60 Å². The van der Waals surface area contributed by atoms with Gasteiger partial charge in [0.05, 0.1) is 31.5 Å². The maximum Gasteiger partial charge on any atom is 0.123 e. The van der Waals surface area contributed by atoms with Gasteiger partial charge >= 0.3 is 0 Å². The summed E-state index contributed by atoms with van der Waals surface area (Å²) in [5.74, 6) is 0.898. The third-order valence-electron chi connectivity index (χ3n) is 6.16. The molecule has 1 aromatic carbocycles. The first kappa shape index (κ1) is 19.4. The zero-order chi connectivity index (χ0) is 19.6. The van der Waals surface area contributed by atoms with Crippen LogP contribution in [0, 0.1) is 0 Å². The molecule has 2 aliphatic heterocycles. The molecular formula is C22H31N3O3. The van der Waals surface area contributed by atoms with Gasteiger partial charge in [0.25, 0.3) is 0 Å². The summed E-state index contributed by atoms with van der Waals surface area (Å²) >= 11 is 0. The van der Waals surface area contributed by atoms with Gasteiger partial charge in [0.1, 0.15) is 5.75 Å². The second-order valence-electron chi connectivity index (χ2n) is 8.58. The molecule has 1 aromatic heterocycles. The molecule has 28 heavy (non-hydrogen) atoms. The molecule has 6 heteroatoms. The highest BCUT2D eigenvalue weighted by Crippen LogP contribution is 2.39. The molecule has 1 unspecified atom stereocenters. The second-order valence-corrected chi connectivity index (χ2v) is 8.58. The molecule has 0 aliphatic carbocycles. The first-order valence-corrected chi connectivity index (χ1v) is 10.2. The van der Waals surface area contributed by atoms with Gasteiger partial charge in [-0.3, -0.25) is 9.58 Å². The minimum Gasteiger partial charge on any atom is -0.496 e. The maximum atomic E-state index is 10.5. The lowest BCUT2D eigenvalue weighted by atomic mass is 9.78. The van der Waals surface area contributed by atoms with Crippen LogP contribution in [0.3, 0.4) is 0 Å². The molecule has 0 saturated carbocycles. The Kier molecular flexibility index (Phi) is 5.45. The standard InChI is InChI=1S/C22H31N3O3/c1-21(26)8-13-28-22(17-21)6-11-24(12-7-22)15-18-4-5-20(27-2)19(14-18)16-25-10-3-9-23-25/h3-5,9-10,14,26H,6-8,11-13,15-17H2,1-2H3. The largest absolute Gasteiger partial charge is 0.496 e. The summed E-state index contributed by atoms with van der Waals surface area (Å²) in [6, 6.07) is 8.37. The van der Waals surface area contributed by atoms with Gasteiger partial charge in [0.2, 0.25) is 0 Å². The molecule has 2 aliphatic rings. The van der Waals surface area contributed by atoms with Crippen LogP contribution in [0.1, 0.15) is 43.7 Å². The van der Waals surface area contributed by atoms with E-state index in [1.54, 1.807) is 13.3 Å². The van der Waals surface area contributed by atoms with Crippen LogP contribution < -0.4 is 4.74 Å². The van der Waals surface area contributed by atoms with E-state index in [4.69, 9.17) is 9.47 Å². The maximum absolute atomic E-state index is 10.5. The number of aliphatic hydroxyl groups is 1. The van der Waals surface area contributed by atoms with Crippen molar-refractivity contribution in [2.75, 3.05) is 26.8 Å². The molecule has 1 N–H and O–H groups in total. The molecular weight excluding hydrogens is 354 g/mol. The van der Waals surface area contributed by atoms with Gasteiger partial charge in [0, 0.05) is 44.0 Å². The SMILES string of the molecule is COc1ccc(CN2CCC3(CC2)CC(C)(O)CCO3)cc1Cn1cccn1. The average molecular weight is 386 g/mol. The fraction of sp³-hybridized carbons (Fsp3) is 0.591. The van der Waals surface area contributed by atoms with Gasteiger partial charge in [-0.05, 0) is 49.9 Å². The summed E-state index contributed by atoms with van der Waals surface area (Å²) in [5, 5.41) is 14.8. The van der Waals surface area contributed by atoms with Crippen molar-refractivity contribution in [2.24, 2.45) is 0 Å². The number of ether oxygens (including phenoxy) is 2. The molecule has 4 rings (SSSR count). The Bertz CT molecular complexity index is 780. The summed E-state index contributed by atoms with van der Waals surface area (Å²) in [4.78, 5) is 2.48. The molecule has 0 bridgehead atoms. The summed E-state index contributed by atoms with van der Waals surface area (Å²) in [6.07, 6.45) is 7.23.